The number of fused-ring (bicyclic) bond motifs is 1. The third-order valence-corrected chi connectivity index (χ3v) is 6.08. The van der Waals surface area contributed by atoms with Crippen molar-refractivity contribution in [3.63, 3.8) is 0 Å². The van der Waals surface area contributed by atoms with E-state index >= 15 is 0 Å². The van der Waals surface area contributed by atoms with Gasteiger partial charge in [-0.3, -0.25) is 9.59 Å². The normalized spacial score (nSPS) is 12.0. The monoisotopic (exact) mass is 392 g/mol. The fourth-order valence-electron chi connectivity index (χ4n) is 2.94. The number of aromatic nitrogens is 1. The van der Waals surface area contributed by atoms with Crippen molar-refractivity contribution in [1.82, 2.24) is 4.98 Å². The van der Waals surface area contributed by atoms with Gasteiger partial charge in [0.05, 0.1) is 10.8 Å². The zero-order valence-electron chi connectivity index (χ0n) is 16.8. The fourth-order valence-corrected chi connectivity index (χ4v) is 3.83. The zero-order valence-corrected chi connectivity index (χ0v) is 17.6. The standard InChI is InChI=1S/C23H24N2O2S/c1-13-6-7-19-12-14(2)23(25-21(19)15(13)3)28-17(5)22(27)24-20-10-8-18(9-11-20)16(4)26/h6-12,17H,1-5H3,(H,24,27)/t17-/m0/s1. The summed E-state index contributed by atoms with van der Waals surface area (Å²) in [5.74, 6) is -0.0898. The van der Waals surface area contributed by atoms with Crippen LogP contribution in [-0.4, -0.2) is 21.9 Å². The Kier molecular flexibility index (Phi) is 5.84. The quantitative estimate of drug-likeness (QED) is 0.461. The third kappa shape index (κ3) is 4.25. The van der Waals surface area contributed by atoms with Crippen LogP contribution in [0.25, 0.3) is 10.9 Å². The van der Waals surface area contributed by atoms with E-state index in [0.29, 0.717) is 11.3 Å². The predicted molar refractivity (Wildman–Crippen MR) is 116 cm³/mol. The number of thioether (sulfide) groups is 1. The molecule has 4 nitrogen and oxygen atoms in total. The second kappa shape index (κ2) is 8.15. The van der Waals surface area contributed by atoms with Crippen molar-refractivity contribution in [3.05, 3.63) is 64.7 Å². The summed E-state index contributed by atoms with van der Waals surface area (Å²) in [5.41, 5.74) is 5.73. The first-order valence-corrected chi connectivity index (χ1v) is 10.1. The van der Waals surface area contributed by atoms with Gasteiger partial charge in [0.1, 0.15) is 5.03 Å². The fraction of sp³-hybridized carbons (Fsp3) is 0.261. The van der Waals surface area contributed by atoms with Crippen LogP contribution in [0.1, 0.15) is 40.9 Å². The molecule has 1 N–H and O–H groups in total. The van der Waals surface area contributed by atoms with Crippen LogP contribution in [0.5, 0.6) is 0 Å². The molecule has 3 aromatic rings. The van der Waals surface area contributed by atoms with E-state index in [1.807, 2.05) is 13.8 Å². The number of nitrogens with one attached hydrogen (secondary N) is 1. The first kappa shape index (κ1) is 20.1. The number of nitrogens with zero attached hydrogens (tertiary/aromatic N) is 1. The highest BCUT2D eigenvalue weighted by atomic mass is 32.2. The van der Waals surface area contributed by atoms with Crippen LogP contribution >= 0.6 is 11.8 Å². The van der Waals surface area contributed by atoms with Crippen LogP contribution in [-0.2, 0) is 4.79 Å². The van der Waals surface area contributed by atoms with Crippen molar-refractivity contribution in [2.45, 2.75) is 44.9 Å². The lowest BCUT2D eigenvalue weighted by Gasteiger charge is -2.15. The summed E-state index contributed by atoms with van der Waals surface area (Å²) in [5, 5.41) is 4.59. The summed E-state index contributed by atoms with van der Waals surface area (Å²) in [7, 11) is 0. The van der Waals surface area contributed by atoms with Gasteiger partial charge in [-0.05, 0) is 81.6 Å². The van der Waals surface area contributed by atoms with Crippen LogP contribution in [0.3, 0.4) is 0 Å². The summed E-state index contributed by atoms with van der Waals surface area (Å²) in [6.45, 7) is 9.58. The first-order chi connectivity index (χ1) is 13.3. The molecule has 0 saturated heterocycles. The molecule has 0 aliphatic carbocycles. The Labute approximate surface area is 169 Å². The number of aryl methyl sites for hydroxylation is 3. The van der Waals surface area contributed by atoms with Crippen LogP contribution in [0, 0.1) is 20.8 Å². The smallest absolute Gasteiger partial charge is 0.237 e. The molecule has 2 aromatic carbocycles. The number of hydrogen-bond donors (Lipinski definition) is 1. The van der Waals surface area contributed by atoms with E-state index < -0.39 is 0 Å². The molecule has 0 fully saturated rings. The molecule has 1 aromatic heterocycles. The molecule has 1 atom stereocenters. The minimum Gasteiger partial charge on any atom is -0.325 e. The second-order valence-corrected chi connectivity index (χ2v) is 8.40. The summed E-state index contributed by atoms with van der Waals surface area (Å²) in [6, 6.07) is 13.3. The highest BCUT2D eigenvalue weighted by Gasteiger charge is 2.18. The Morgan fingerprint density at radius 2 is 1.68 bits per heavy atom. The molecule has 0 bridgehead atoms. The molecule has 0 aliphatic heterocycles. The number of rotatable bonds is 5. The van der Waals surface area contributed by atoms with Gasteiger partial charge in [-0.2, -0.15) is 0 Å². The van der Waals surface area contributed by atoms with E-state index in [1.54, 1.807) is 24.3 Å². The number of hydrogen-bond acceptors (Lipinski definition) is 4. The number of Topliss-reactive ketones (excluding diaryl/α,β-unsaturated/α-hetero) is 1. The Balaban J connectivity index is 1.77. The summed E-state index contributed by atoms with van der Waals surface area (Å²) in [4.78, 5) is 28.8. The number of anilines is 1. The minimum atomic E-state index is -0.304. The Bertz CT molecular complexity index is 1060. The number of pyridine rings is 1. The molecule has 3 rings (SSSR count). The molecule has 1 heterocycles. The lowest BCUT2D eigenvalue weighted by molar-refractivity contribution is -0.115. The number of ketones is 1. The van der Waals surface area contributed by atoms with Crippen molar-refractivity contribution in [2.75, 3.05) is 5.32 Å². The predicted octanol–water partition coefficient (Wildman–Crippen LogP) is 5.48. The van der Waals surface area contributed by atoms with Crippen molar-refractivity contribution in [1.29, 1.82) is 0 Å². The highest BCUT2D eigenvalue weighted by molar-refractivity contribution is 8.00. The topological polar surface area (TPSA) is 59.1 Å². The molecule has 5 heteroatoms. The Morgan fingerprint density at radius 3 is 2.32 bits per heavy atom. The molecule has 0 radical (unpaired) electrons. The lowest BCUT2D eigenvalue weighted by atomic mass is 10.0. The average Bonchev–Trinajstić information content (AvgIpc) is 2.66. The third-order valence-electron chi connectivity index (χ3n) is 4.87. The van der Waals surface area contributed by atoms with Gasteiger partial charge in [-0.25, -0.2) is 4.98 Å². The van der Waals surface area contributed by atoms with Gasteiger partial charge in [-0.1, -0.05) is 23.9 Å². The molecular formula is C23H24N2O2S. The van der Waals surface area contributed by atoms with Crippen molar-refractivity contribution < 1.29 is 9.59 Å². The van der Waals surface area contributed by atoms with E-state index in [1.165, 1.54) is 29.8 Å². The first-order valence-electron chi connectivity index (χ1n) is 9.22. The number of amides is 1. The van der Waals surface area contributed by atoms with Crippen LogP contribution in [0.2, 0.25) is 0 Å². The molecular weight excluding hydrogens is 368 g/mol. The molecule has 0 saturated carbocycles. The Hall–Kier alpha value is -2.66. The van der Waals surface area contributed by atoms with E-state index in [4.69, 9.17) is 4.98 Å². The molecule has 0 aliphatic rings. The molecule has 144 valence electrons. The van der Waals surface area contributed by atoms with Gasteiger partial charge in [0.2, 0.25) is 5.91 Å². The van der Waals surface area contributed by atoms with Gasteiger partial charge in [0.15, 0.2) is 5.78 Å². The maximum atomic E-state index is 12.6. The van der Waals surface area contributed by atoms with E-state index in [0.717, 1.165) is 21.5 Å². The van der Waals surface area contributed by atoms with Crippen molar-refractivity contribution >= 4 is 40.0 Å². The number of carbonyl (C=O) groups excluding carboxylic acids is 2. The number of carbonyl (C=O) groups is 2. The van der Waals surface area contributed by atoms with Crippen LogP contribution in [0.4, 0.5) is 5.69 Å². The SMILES string of the molecule is CC(=O)c1ccc(NC(=O)[C@H](C)Sc2nc3c(C)c(C)ccc3cc2C)cc1. The van der Waals surface area contributed by atoms with Crippen LogP contribution < -0.4 is 5.32 Å². The van der Waals surface area contributed by atoms with E-state index in [2.05, 4.69) is 37.4 Å². The molecule has 0 spiro atoms. The molecule has 0 unspecified atom stereocenters. The maximum Gasteiger partial charge on any atom is 0.237 e. The average molecular weight is 393 g/mol. The van der Waals surface area contributed by atoms with Gasteiger partial charge in [-0.15, -0.1) is 0 Å². The zero-order chi connectivity index (χ0) is 20.4. The maximum absolute atomic E-state index is 12.6. The second-order valence-electron chi connectivity index (χ2n) is 7.07. The van der Waals surface area contributed by atoms with E-state index in [9.17, 15) is 9.59 Å². The van der Waals surface area contributed by atoms with Gasteiger partial charge >= 0.3 is 0 Å². The summed E-state index contributed by atoms with van der Waals surface area (Å²) >= 11 is 1.46. The lowest BCUT2D eigenvalue weighted by Crippen LogP contribution is -2.22. The van der Waals surface area contributed by atoms with Crippen LogP contribution in [0.15, 0.2) is 47.5 Å². The van der Waals surface area contributed by atoms with Gasteiger partial charge in [0, 0.05) is 16.6 Å². The molecule has 1 amide bonds. The number of benzene rings is 2. The summed E-state index contributed by atoms with van der Waals surface area (Å²) < 4.78 is 0. The molecule has 28 heavy (non-hydrogen) atoms. The minimum absolute atomic E-state index is 0.00480. The van der Waals surface area contributed by atoms with E-state index in [-0.39, 0.29) is 16.9 Å². The van der Waals surface area contributed by atoms with Gasteiger partial charge in [0.25, 0.3) is 0 Å². The Morgan fingerprint density at radius 1 is 1.00 bits per heavy atom. The van der Waals surface area contributed by atoms with Crippen molar-refractivity contribution in [2.24, 2.45) is 0 Å². The largest absolute Gasteiger partial charge is 0.325 e. The summed E-state index contributed by atoms with van der Waals surface area (Å²) in [6.07, 6.45) is 0. The van der Waals surface area contributed by atoms with Crippen molar-refractivity contribution in [3.8, 4) is 0 Å². The van der Waals surface area contributed by atoms with Gasteiger partial charge < -0.3 is 5.32 Å². The highest BCUT2D eigenvalue weighted by Crippen LogP contribution is 2.30.